The number of nitrogens with zero attached hydrogens (tertiary/aromatic N) is 1. The van der Waals surface area contributed by atoms with Crippen molar-refractivity contribution in [2.45, 2.75) is 12.5 Å². The van der Waals surface area contributed by atoms with Gasteiger partial charge in [0, 0.05) is 18.8 Å². The molecular weight excluding hydrogens is 226 g/mol. The second kappa shape index (κ2) is 4.82. The van der Waals surface area contributed by atoms with Gasteiger partial charge in [-0.15, -0.1) is 0 Å². The first-order valence-electron chi connectivity index (χ1n) is 6.27. The number of fused-ring (bicyclic) bond motifs is 1. The fourth-order valence-corrected chi connectivity index (χ4v) is 2.45. The van der Waals surface area contributed by atoms with Crippen molar-refractivity contribution < 1.29 is 4.74 Å². The Bertz CT molecular complexity index is 544. The van der Waals surface area contributed by atoms with E-state index in [0.717, 1.165) is 41.9 Å². The predicted molar refractivity (Wildman–Crippen MR) is 73.2 cm³/mol. The number of methoxy groups -OCH3 is 1. The van der Waals surface area contributed by atoms with Gasteiger partial charge >= 0.3 is 0 Å². The maximum absolute atomic E-state index is 5.44. The lowest BCUT2D eigenvalue weighted by Crippen LogP contribution is -2.22. The molecule has 2 heterocycles. The molecule has 0 aliphatic carbocycles. The van der Waals surface area contributed by atoms with Gasteiger partial charge in [-0.05, 0) is 30.5 Å². The Morgan fingerprint density at radius 1 is 1.39 bits per heavy atom. The zero-order valence-electron chi connectivity index (χ0n) is 10.4. The Balaban J connectivity index is 2.04. The number of rotatable bonds is 3. The maximum Gasteiger partial charge on any atom is 0.137 e. The fourth-order valence-electron chi connectivity index (χ4n) is 2.45. The van der Waals surface area contributed by atoms with Gasteiger partial charge in [0.1, 0.15) is 11.6 Å². The molecule has 0 spiro atoms. The molecule has 3 rings (SSSR count). The van der Waals surface area contributed by atoms with E-state index in [9.17, 15) is 0 Å². The van der Waals surface area contributed by atoms with Gasteiger partial charge in [-0.25, -0.2) is 4.98 Å². The molecule has 94 valence electrons. The molecule has 4 heteroatoms. The first-order chi connectivity index (χ1) is 8.88. The van der Waals surface area contributed by atoms with Crippen LogP contribution in [0.25, 0.3) is 10.8 Å². The van der Waals surface area contributed by atoms with Crippen molar-refractivity contribution in [1.29, 1.82) is 0 Å². The number of pyridine rings is 1. The molecule has 1 aromatic heterocycles. The number of nitrogens with one attached hydrogen (secondary N) is 2. The van der Waals surface area contributed by atoms with Crippen LogP contribution in [0.15, 0.2) is 30.5 Å². The fraction of sp³-hybridized carbons (Fsp3) is 0.357. The van der Waals surface area contributed by atoms with Gasteiger partial charge in [0.05, 0.1) is 12.5 Å². The molecule has 1 unspecified atom stereocenters. The molecule has 0 saturated carbocycles. The van der Waals surface area contributed by atoms with E-state index >= 15 is 0 Å². The minimum Gasteiger partial charge on any atom is -0.496 e. The van der Waals surface area contributed by atoms with Gasteiger partial charge in [0.2, 0.25) is 0 Å². The second-order valence-electron chi connectivity index (χ2n) is 4.55. The van der Waals surface area contributed by atoms with Gasteiger partial charge in [-0.2, -0.15) is 0 Å². The summed E-state index contributed by atoms with van der Waals surface area (Å²) in [4.78, 5) is 4.46. The molecule has 1 aliphatic rings. The standard InChI is InChI=1S/C14H17N3O/c1-18-12-4-2-3-10-5-8-16-14(13(10)12)17-11-6-7-15-9-11/h2-5,8,11,15H,6-7,9H2,1H3,(H,16,17). The van der Waals surface area contributed by atoms with Crippen molar-refractivity contribution in [3.63, 3.8) is 0 Å². The summed E-state index contributed by atoms with van der Waals surface area (Å²) < 4.78 is 5.44. The third-order valence-corrected chi connectivity index (χ3v) is 3.37. The Kier molecular flexibility index (Phi) is 3.02. The van der Waals surface area contributed by atoms with Crippen LogP contribution in [0, 0.1) is 0 Å². The molecule has 1 atom stereocenters. The normalized spacial score (nSPS) is 19.1. The van der Waals surface area contributed by atoms with Crippen LogP contribution in [0.5, 0.6) is 5.75 Å². The number of ether oxygens (including phenoxy) is 1. The summed E-state index contributed by atoms with van der Waals surface area (Å²) in [5, 5.41) is 9.07. The minimum atomic E-state index is 0.452. The van der Waals surface area contributed by atoms with E-state index in [0.29, 0.717) is 6.04 Å². The molecule has 1 fully saturated rings. The lowest BCUT2D eigenvalue weighted by atomic mass is 10.1. The molecule has 0 bridgehead atoms. The van der Waals surface area contributed by atoms with E-state index in [2.05, 4.69) is 21.7 Å². The Morgan fingerprint density at radius 3 is 3.11 bits per heavy atom. The van der Waals surface area contributed by atoms with E-state index in [-0.39, 0.29) is 0 Å². The first kappa shape index (κ1) is 11.3. The summed E-state index contributed by atoms with van der Waals surface area (Å²) in [6.45, 7) is 2.06. The molecular formula is C14H17N3O. The van der Waals surface area contributed by atoms with Crippen molar-refractivity contribution in [2.24, 2.45) is 0 Å². The van der Waals surface area contributed by atoms with Crippen molar-refractivity contribution in [3.8, 4) is 5.75 Å². The number of hydrogen-bond acceptors (Lipinski definition) is 4. The molecule has 0 amide bonds. The van der Waals surface area contributed by atoms with Crippen LogP contribution in [0.2, 0.25) is 0 Å². The molecule has 0 radical (unpaired) electrons. The summed E-state index contributed by atoms with van der Waals surface area (Å²) in [7, 11) is 1.70. The highest BCUT2D eigenvalue weighted by molar-refractivity contribution is 5.96. The highest BCUT2D eigenvalue weighted by Gasteiger charge is 2.16. The van der Waals surface area contributed by atoms with Gasteiger partial charge < -0.3 is 15.4 Å². The van der Waals surface area contributed by atoms with Crippen molar-refractivity contribution >= 4 is 16.6 Å². The SMILES string of the molecule is COc1cccc2ccnc(NC3CCNC3)c12. The number of hydrogen-bond donors (Lipinski definition) is 2. The molecule has 1 aromatic carbocycles. The van der Waals surface area contributed by atoms with Crippen LogP contribution in [-0.4, -0.2) is 31.2 Å². The average Bonchev–Trinajstić information content (AvgIpc) is 2.91. The van der Waals surface area contributed by atoms with Crippen molar-refractivity contribution in [1.82, 2.24) is 10.3 Å². The zero-order chi connectivity index (χ0) is 12.4. The van der Waals surface area contributed by atoms with Gasteiger partial charge in [-0.3, -0.25) is 0 Å². The minimum absolute atomic E-state index is 0.452. The quantitative estimate of drug-likeness (QED) is 0.865. The van der Waals surface area contributed by atoms with Gasteiger partial charge in [0.25, 0.3) is 0 Å². The molecule has 1 saturated heterocycles. The summed E-state index contributed by atoms with van der Waals surface area (Å²) >= 11 is 0. The number of aromatic nitrogens is 1. The average molecular weight is 243 g/mol. The largest absolute Gasteiger partial charge is 0.496 e. The van der Waals surface area contributed by atoms with Crippen molar-refractivity contribution in [3.05, 3.63) is 30.5 Å². The van der Waals surface area contributed by atoms with Crippen molar-refractivity contribution in [2.75, 3.05) is 25.5 Å². The summed E-state index contributed by atoms with van der Waals surface area (Å²) in [6.07, 6.45) is 2.97. The topological polar surface area (TPSA) is 46.2 Å². The molecule has 2 aromatic rings. The number of anilines is 1. The van der Waals surface area contributed by atoms with Crippen LogP contribution >= 0.6 is 0 Å². The summed E-state index contributed by atoms with van der Waals surface area (Å²) in [5.74, 6) is 1.78. The first-order valence-corrected chi connectivity index (χ1v) is 6.27. The second-order valence-corrected chi connectivity index (χ2v) is 4.55. The molecule has 2 N–H and O–H groups in total. The monoisotopic (exact) mass is 243 g/mol. The third kappa shape index (κ3) is 1.99. The Labute approximate surface area is 106 Å². The molecule has 18 heavy (non-hydrogen) atoms. The molecule has 4 nitrogen and oxygen atoms in total. The lowest BCUT2D eigenvalue weighted by Gasteiger charge is -2.15. The lowest BCUT2D eigenvalue weighted by molar-refractivity contribution is 0.420. The van der Waals surface area contributed by atoms with E-state index in [1.807, 2.05) is 24.4 Å². The van der Waals surface area contributed by atoms with Gasteiger partial charge in [-0.1, -0.05) is 12.1 Å². The summed E-state index contributed by atoms with van der Waals surface area (Å²) in [6, 6.07) is 8.52. The molecule has 1 aliphatic heterocycles. The Morgan fingerprint density at radius 2 is 2.33 bits per heavy atom. The highest BCUT2D eigenvalue weighted by Crippen LogP contribution is 2.31. The Hall–Kier alpha value is -1.81. The third-order valence-electron chi connectivity index (χ3n) is 3.37. The smallest absolute Gasteiger partial charge is 0.137 e. The predicted octanol–water partition coefficient (Wildman–Crippen LogP) is 2.02. The van der Waals surface area contributed by atoms with Gasteiger partial charge in [0.15, 0.2) is 0 Å². The van der Waals surface area contributed by atoms with E-state index in [1.54, 1.807) is 7.11 Å². The van der Waals surface area contributed by atoms with E-state index < -0.39 is 0 Å². The maximum atomic E-state index is 5.44. The van der Waals surface area contributed by atoms with Crippen LogP contribution in [-0.2, 0) is 0 Å². The number of benzene rings is 1. The van der Waals surface area contributed by atoms with E-state index in [4.69, 9.17) is 4.74 Å². The van der Waals surface area contributed by atoms with Crippen LogP contribution < -0.4 is 15.4 Å². The summed E-state index contributed by atoms with van der Waals surface area (Å²) in [5.41, 5.74) is 0. The van der Waals surface area contributed by atoms with Crippen LogP contribution in [0.1, 0.15) is 6.42 Å². The zero-order valence-corrected chi connectivity index (χ0v) is 10.4. The van der Waals surface area contributed by atoms with Crippen LogP contribution in [0.3, 0.4) is 0 Å². The van der Waals surface area contributed by atoms with Crippen LogP contribution in [0.4, 0.5) is 5.82 Å². The highest BCUT2D eigenvalue weighted by atomic mass is 16.5. The van der Waals surface area contributed by atoms with E-state index in [1.165, 1.54) is 0 Å².